The molecule has 1 spiro atoms. The summed E-state index contributed by atoms with van der Waals surface area (Å²) in [5.41, 5.74) is 20.3. The van der Waals surface area contributed by atoms with Gasteiger partial charge in [0.25, 0.3) is 0 Å². The third kappa shape index (κ3) is 5.70. The predicted molar refractivity (Wildman–Crippen MR) is 264 cm³/mol. The Morgan fingerprint density at radius 2 is 0.730 bits per heavy atom. The summed E-state index contributed by atoms with van der Waals surface area (Å²) in [4.78, 5) is 2.44. The van der Waals surface area contributed by atoms with Gasteiger partial charge in [-0.1, -0.05) is 219 Å². The third-order valence-corrected chi connectivity index (χ3v) is 14.1. The molecule has 3 aliphatic carbocycles. The molecule has 0 fully saturated rings. The number of fused-ring (bicyclic) bond motifs is 14. The second-order valence-electron chi connectivity index (χ2n) is 17.4. The summed E-state index contributed by atoms with van der Waals surface area (Å²) < 4.78 is 0. The van der Waals surface area contributed by atoms with Crippen molar-refractivity contribution in [1.29, 1.82) is 0 Å². The van der Waals surface area contributed by atoms with E-state index in [1.54, 1.807) is 0 Å². The van der Waals surface area contributed by atoms with Crippen molar-refractivity contribution in [2.45, 2.75) is 17.8 Å². The fourth-order valence-corrected chi connectivity index (χ4v) is 11.3. The lowest BCUT2D eigenvalue weighted by molar-refractivity contribution is 0.368. The maximum Gasteiger partial charge on any atom is 0.0540 e. The highest BCUT2D eigenvalue weighted by Gasteiger charge is 2.59. The summed E-state index contributed by atoms with van der Waals surface area (Å²) in [7, 11) is 0. The average Bonchev–Trinajstić information content (AvgIpc) is 3.61. The Bertz CT molecular complexity index is 3060. The molecule has 0 N–H and O–H groups in total. The van der Waals surface area contributed by atoms with E-state index in [2.05, 4.69) is 261 Å². The first-order chi connectivity index (χ1) is 31.1. The van der Waals surface area contributed by atoms with E-state index in [1.807, 2.05) is 0 Å². The lowest BCUT2D eigenvalue weighted by Gasteiger charge is -2.43. The second kappa shape index (κ2) is 14.7. The first kappa shape index (κ1) is 37.1. The fourth-order valence-electron chi connectivity index (χ4n) is 11.3. The number of benzene rings is 9. The van der Waals surface area contributed by atoms with Crippen LogP contribution in [0.2, 0.25) is 0 Å². The standard InChI is InChI=1S/C62H45N/c1-61-41-17-16-30-60(61)62(56-28-14-12-26-54(56)52-24-10-8-22-50(52)51-23-9-11-25-53(51)55-27-13-15-29-57(55)62)58-40-39-49(42-59(58)61)63(47-35-31-45(32-36-47)43-18-4-2-5-19-43)48-37-33-46(34-38-48)44-20-6-3-7-21-44/h2-42,60H,1H3. The molecule has 1 nitrogen and oxygen atoms in total. The second-order valence-corrected chi connectivity index (χ2v) is 17.4. The van der Waals surface area contributed by atoms with Crippen molar-refractivity contribution in [3.8, 4) is 55.6 Å². The molecular weight excluding hydrogens is 759 g/mol. The lowest BCUT2D eigenvalue weighted by atomic mass is 9.58. The minimum Gasteiger partial charge on any atom is -0.310 e. The molecule has 0 amide bonds. The van der Waals surface area contributed by atoms with Gasteiger partial charge in [0, 0.05) is 28.4 Å². The number of anilines is 3. The zero-order valence-corrected chi connectivity index (χ0v) is 35.2. The Hall–Kier alpha value is -7.74. The van der Waals surface area contributed by atoms with Crippen LogP contribution in [0.1, 0.15) is 29.2 Å². The van der Waals surface area contributed by atoms with E-state index in [0.29, 0.717) is 0 Å². The topological polar surface area (TPSA) is 3.24 Å². The zero-order valence-electron chi connectivity index (χ0n) is 35.2. The van der Waals surface area contributed by atoms with Crippen molar-refractivity contribution in [3.63, 3.8) is 0 Å². The molecule has 0 saturated carbocycles. The van der Waals surface area contributed by atoms with Crippen LogP contribution in [-0.2, 0) is 10.8 Å². The van der Waals surface area contributed by atoms with Crippen molar-refractivity contribution in [2.24, 2.45) is 5.92 Å². The van der Waals surface area contributed by atoms with Gasteiger partial charge in [-0.15, -0.1) is 0 Å². The average molecular weight is 804 g/mol. The molecule has 9 aromatic rings. The van der Waals surface area contributed by atoms with Gasteiger partial charge >= 0.3 is 0 Å². The Balaban J connectivity index is 1.12. The summed E-state index contributed by atoms with van der Waals surface area (Å²) >= 11 is 0. The number of allylic oxidation sites excluding steroid dienone is 4. The Kier molecular flexibility index (Phi) is 8.66. The number of hydrogen-bond acceptors (Lipinski definition) is 1. The minimum absolute atomic E-state index is 0.0868. The molecule has 63 heavy (non-hydrogen) atoms. The molecule has 298 valence electrons. The Labute approximate surface area is 370 Å². The summed E-state index contributed by atoms with van der Waals surface area (Å²) in [5.74, 6) is 0.0868. The van der Waals surface area contributed by atoms with Gasteiger partial charge in [0.05, 0.1) is 5.41 Å². The van der Waals surface area contributed by atoms with E-state index < -0.39 is 5.41 Å². The van der Waals surface area contributed by atoms with Crippen LogP contribution in [0.25, 0.3) is 55.6 Å². The van der Waals surface area contributed by atoms with Gasteiger partial charge in [0.2, 0.25) is 0 Å². The largest absolute Gasteiger partial charge is 0.310 e. The van der Waals surface area contributed by atoms with Gasteiger partial charge in [-0.05, 0) is 114 Å². The van der Waals surface area contributed by atoms with Crippen molar-refractivity contribution in [1.82, 2.24) is 0 Å². The fraction of sp³-hybridized carbons (Fsp3) is 0.0645. The number of nitrogens with zero attached hydrogens (tertiary/aromatic N) is 1. The van der Waals surface area contributed by atoms with Crippen LogP contribution in [0.3, 0.4) is 0 Å². The summed E-state index contributed by atoms with van der Waals surface area (Å²) in [5, 5.41) is 0. The van der Waals surface area contributed by atoms with E-state index >= 15 is 0 Å². The van der Waals surface area contributed by atoms with E-state index in [-0.39, 0.29) is 11.3 Å². The predicted octanol–water partition coefficient (Wildman–Crippen LogP) is 16.2. The maximum atomic E-state index is 2.51. The van der Waals surface area contributed by atoms with Crippen molar-refractivity contribution >= 4 is 17.1 Å². The quantitative estimate of drug-likeness (QED) is 0.168. The number of rotatable bonds is 5. The van der Waals surface area contributed by atoms with Crippen molar-refractivity contribution < 1.29 is 0 Å². The van der Waals surface area contributed by atoms with Crippen molar-refractivity contribution in [3.05, 3.63) is 271 Å². The first-order valence-corrected chi connectivity index (χ1v) is 22.1. The smallest absolute Gasteiger partial charge is 0.0540 e. The van der Waals surface area contributed by atoms with Gasteiger partial charge in [0.15, 0.2) is 0 Å². The summed E-state index contributed by atoms with van der Waals surface area (Å²) in [6.45, 7) is 2.47. The van der Waals surface area contributed by atoms with Gasteiger partial charge < -0.3 is 4.90 Å². The molecule has 12 rings (SSSR count). The SMILES string of the molecule is CC12C=CC=CC1C1(c3ccccc3-c3ccccc3-c3ccccc3-c3ccccc31)c1ccc(N(c3ccc(-c4ccccc4)cc3)c3ccc(-c4ccccc4)cc3)cc12. The Morgan fingerprint density at radius 1 is 0.333 bits per heavy atom. The van der Waals surface area contributed by atoms with Crippen LogP contribution < -0.4 is 4.90 Å². The monoisotopic (exact) mass is 803 g/mol. The zero-order chi connectivity index (χ0) is 42.0. The molecule has 2 atom stereocenters. The highest BCUT2D eigenvalue weighted by atomic mass is 15.1. The highest BCUT2D eigenvalue weighted by Crippen LogP contribution is 2.65. The lowest BCUT2D eigenvalue weighted by Crippen LogP contribution is -2.41. The van der Waals surface area contributed by atoms with Crippen LogP contribution in [-0.4, -0.2) is 0 Å². The molecule has 1 heteroatoms. The van der Waals surface area contributed by atoms with E-state index in [9.17, 15) is 0 Å². The molecule has 0 saturated heterocycles. The van der Waals surface area contributed by atoms with Crippen LogP contribution >= 0.6 is 0 Å². The summed E-state index contributed by atoms with van der Waals surface area (Å²) in [6.07, 6.45) is 9.54. The van der Waals surface area contributed by atoms with Crippen LogP contribution in [0.5, 0.6) is 0 Å². The van der Waals surface area contributed by atoms with E-state index in [4.69, 9.17) is 0 Å². The molecule has 0 heterocycles. The Morgan fingerprint density at radius 3 is 1.22 bits per heavy atom. The van der Waals surface area contributed by atoms with Crippen LogP contribution in [0, 0.1) is 5.92 Å². The van der Waals surface area contributed by atoms with Crippen molar-refractivity contribution in [2.75, 3.05) is 4.90 Å². The minimum atomic E-state index is -0.527. The van der Waals surface area contributed by atoms with Crippen LogP contribution in [0.15, 0.2) is 249 Å². The molecule has 3 aliphatic rings. The van der Waals surface area contributed by atoms with Gasteiger partial charge in [-0.3, -0.25) is 0 Å². The first-order valence-electron chi connectivity index (χ1n) is 22.1. The van der Waals surface area contributed by atoms with Gasteiger partial charge in [0.1, 0.15) is 0 Å². The molecule has 0 bridgehead atoms. The number of hydrogen-bond donors (Lipinski definition) is 0. The van der Waals surface area contributed by atoms with Gasteiger partial charge in [-0.2, -0.15) is 0 Å². The molecule has 0 radical (unpaired) electrons. The molecular formula is C62H45N. The molecule has 9 aromatic carbocycles. The van der Waals surface area contributed by atoms with Crippen LogP contribution in [0.4, 0.5) is 17.1 Å². The van der Waals surface area contributed by atoms with Gasteiger partial charge in [-0.25, -0.2) is 0 Å². The summed E-state index contributed by atoms with van der Waals surface area (Å²) in [6, 6.07) is 83.3. The molecule has 2 unspecified atom stereocenters. The third-order valence-electron chi connectivity index (χ3n) is 14.1. The van der Waals surface area contributed by atoms with E-state index in [1.165, 1.54) is 77.9 Å². The normalized spacial score (nSPS) is 17.2. The molecule has 0 aromatic heterocycles. The maximum absolute atomic E-state index is 2.51. The highest BCUT2D eigenvalue weighted by molar-refractivity contribution is 5.96. The molecule has 0 aliphatic heterocycles. The van der Waals surface area contributed by atoms with E-state index in [0.717, 1.165) is 17.1 Å².